The third-order valence-electron chi connectivity index (χ3n) is 6.47. The van der Waals surface area contributed by atoms with Gasteiger partial charge in [0.1, 0.15) is 18.4 Å². The zero-order chi connectivity index (χ0) is 26.2. The molecule has 4 aromatic rings. The molecule has 0 unspecified atom stereocenters. The van der Waals surface area contributed by atoms with Gasteiger partial charge < -0.3 is 23.9 Å². The predicted octanol–water partition coefficient (Wildman–Crippen LogP) is 4.87. The number of fused-ring (bicyclic) bond motifs is 5. The van der Waals surface area contributed by atoms with Gasteiger partial charge in [-0.2, -0.15) is 0 Å². The van der Waals surface area contributed by atoms with Crippen LogP contribution in [0.3, 0.4) is 0 Å². The first-order valence-electron chi connectivity index (χ1n) is 12.0. The van der Waals surface area contributed by atoms with Crippen LogP contribution in [-0.2, 0) is 16.3 Å². The number of pyridine rings is 2. The van der Waals surface area contributed by atoms with Crippen molar-refractivity contribution in [3.05, 3.63) is 40.9 Å². The van der Waals surface area contributed by atoms with Crippen molar-refractivity contribution < 1.29 is 24.1 Å². The monoisotopic (exact) mass is 511 g/mol. The fourth-order valence-electron chi connectivity index (χ4n) is 4.50. The second kappa shape index (κ2) is 9.94. The molecule has 0 bridgehead atoms. The van der Waals surface area contributed by atoms with E-state index in [-0.39, 0.29) is 6.42 Å². The summed E-state index contributed by atoms with van der Waals surface area (Å²) >= 11 is 0. The highest BCUT2D eigenvalue weighted by Gasteiger charge is 2.26. The van der Waals surface area contributed by atoms with Gasteiger partial charge >= 0.3 is 5.97 Å². The molecule has 0 fully saturated rings. The molecule has 0 amide bonds. The molecule has 0 spiro atoms. The van der Waals surface area contributed by atoms with Crippen LogP contribution in [0.15, 0.2) is 35.4 Å². The van der Waals surface area contributed by atoms with Gasteiger partial charge in [0.05, 0.1) is 25.1 Å². The Labute approximate surface area is 210 Å². The lowest BCUT2D eigenvalue weighted by molar-refractivity contribution is -0.140. The zero-order valence-corrected chi connectivity index (χ0v) is 22.6. The van der Waals surface area contributed by atoms with Crippen molar-refractivity contribution in [2.45, 2.75) is 51.8 Å². The number of benzene rings is 1. The highest BCUT2D eigenvalue weighted by molar-refractivity contribution is 6.76. The smallest absolute Gasteiger partial charge is 0.326 e. The molecule has 3 aromatic heterocycles. The van der Waals surface area contributed by atoms with Crippen LogP contribution in [0.1, 0.15) is 19.4 Å². The van der Waals surface area contributed by atoms with E-state index in [9.17, 15) is 14.7 Å². The lowest BCUT2D eigenvalue weighted by Gasteiger charge is -2.20. The first-order chi connectivity index (χ1) is 17.1. The van der Waals surface area contributed by atoms with E-state index in [1.165, 1.54) is 18.8 Å². The molecule has 0 aliphatic heterocycles. The van der Waals surface area contributed by atoms with E-state index in [0.29, 0.717) is 57.5 Å². The first kappa shape index (κ1) is 25.7. The largest absolute Gasteiger partial charge is 0.493 e. The Morgan fingerprint density at radius 3 is 2.33 bits per heavy atom. The number of aromatic nitrogens is 3. The molecule has 0 aliphatic carbocycles. The van der Waals surface area contributed by atoms with Crippen LogP contribution in [0.25, 0.3) is 32.7 Å². The number of nitrogens with zero attached hydrogens (tertiary/aromatic N) is 3. The summed E-state index contributed by atoms with van der Waals surface area (Å²) < 4.78 is 20.1. The highest BCUT2D eigenvalue weighted by Crippen LogP contribution is 2.37. The van der Waals surface area contributed by atoms with Gasteiger partial charge in [0.15, 0.2) is 11.5 Å². The van der Waals surface area contributed by atoms with E-state index in [1.54, 1.807) is 25.3 Å². The third-order valence-corrected chi connectivity index (χ3v) is 8.18. The molecule has 1 aromatic carbocycles. The number of aliphatic carboxylic acids is 1. The molecule has 3 heterocycles. The zero-order valence-electron chi connectivity index (χ0n) is 21.6. The van der Waals surface area contributed by atoms with E-state index in [2.05, 4.69) is 19.6 Å². The summed E-state index contributed by atoms with van der Waals surface area (Å²) in [5.41, 5.74) is 0.753. The molecule has 1 atom stereocenters. The topological polar surface area (TPSA) is 105 Å². The number of rotatable bonds is 10. The van der Waals surface area contributed by atoms with Crippen molar-refractivity contribution in [2.75, 3.05) is 20.8 Å². The lowest BCUT2D eigenvalue weighted by Crippen LogP contribution is -2.30. The molecule has 10 heteroatoms. The molecule has 0 saturated heterocycles. The van der Waals surface area contributed by atoms with Crippen molar-refractivity contribution in [3.8, 4) is 11.5 Å². The van der Waals surface area contributed by atoms with E-state index >= 15 is 0 Å². The standard InChI is InChI=1S/C26H33N3O6Si/c1-7-20(26(31)32)29-23-16-8-9-28(15-35-10-11-36(4,5)6)24(16)27-14-19(23)17-12-21(33-2)22(34-3)13-18(17)25(29)30/h8-9,12-14,20H,7,10-11,15H2,1-6H3,(H,31,32)/t20-/m0/s1. The summed E-state index contributed by atoms with van der Waals surface area (Å²) in [4.78, 5) is 30.8. The fourth-order valence-corrected chi connectivity index (χ4v) is 5.26. The fraction of sp³-hybridized carbons (Fsp3) is 0.423. The Balaban J connectivity index is 1.99. The molecular formula is C26H33N3O6Si. The van der Waals surface area contributed by atoms with E-state index < -0.39 is 25.6 Å². The number of carbonyl (C=O) groups is 1. The van der Waals surface area contributed by atoms with Crippen LogP contribution >= 0.6 is 0 Å². The molecule has 0 saturated carbocycles. The Bertz CT molecular complexity index is 1500. The van der Waals surface area contributed by atoms with Gasteiger partial charge in [-0.3, -0.25) is 9.36 Å². The Kier molecular flexibility index (Phi) is 7.10. The number of hydrogen-bond donors (Lipinski definition) is 1. The second-order valence-electron chi connectivity index (χ2n) is 10.1. The molecule has 0 aliphatic rings. The number of carboxylic acids is 1. The van der Waals surface area contributed by atoms with Gasteiger partial charge in [-0.1, -0.05) is 26.6 Å². The van der Waals surface area contributed by atoms with Crippen molar-refractivity contribution in [2.24, 2.45) is 0 Å². The summed E-state index contributed by atoms with van der Waals surface area (Å²) in [5.74, 6) is -0.200. The Morgan fingerprint density at radius 2 is 1.75 bits per heavy atom. The molecule has 9 nitrogen and oxygen atoms in total. The van der Waals surface area contributed by atoms with Gasteiger partial charge in [-0.25, -0.2) is 9.78 Å². The maximum atomic E-state index is 13.8. The van der Waals surface area contributed by atoms with Crippen molar-refractivity contribution in [1.82, 2.24) is 14.1 Å². The summed E-state index contributed by atoms with van der Waals surface area (Å²) in [7, 11) is 1.81. The van der Waals surface area contributed by atoms with Crippen LogP contribution < -0.4 is 15.0 Å². The van der Waals surface area contributed by atoms with Crippen molar-refractivity contribution in [1.29, 1.82) is 0 Å². The Morgan fingerprint density at radius 1 is 1.08 bits per heavy atom. The normalized spacial score (nSPS) is 12.9. The maximum absolute atomic E-state index is 13.8. The summed E-state index contributed by atoms with van der Waals surface area (Å²) in [6, 6.07) is 5.22. The first-order valence-corrected chi connectivity index (χ1v) is 15.7. The van der Waals surface area contributed by atoms with Crippen LogP contribution in [0.4, 0.5) is 0 Å². The van der Waals surface area contributed by atoms with Gasteiger partial charge in [-0.05, 0) is 30.7 Å². The van der Waals surface area contributed by atoms with E-state index in [4.69, 9.17) is 19.2 Å². The highest BCUT2D eigenvalue weighted by atomic mass is 28.3. The Hall–Kier alpha value is -3.37. The lowest BCUT2D eigenvalue weighted by atomic mass is 10.0. The predicted molar refractivity (Wildman–Crippen MR) is 143 cm³/mol. The van der Waals surface area contributed by atoms with Gasteiger partial charge in [-0.15, -0.1) is 0 Å². The van der Waals surface area contributed by atoms with E-state index in [0.717, 1.165) is 6.04 Å². The summed E-state index contributed by atoms with van der Waals surface area (Å²) in [6.07, 6.45) is 3.80. The van der Waals surface area contributed by atoms with Crippen LogP contribution in [0, 0.1) is 0 Å². The number of hydrogen-bond acceptors (Lipinski definition) is 6. The molecular weight excluding hydrogens is 478 g/mol. The quantitative estimate of drug-likeness (QED) is 0.184. The third kappa shape index (κ3) is 4.58. The molecule has 4 rings (SSSR count). The SMILES string of the molecule is CC[C@@H](C(=O)O)n1c(=O)c2cc(OC)c(OC)cc2c2cnc3c(ccn3COCC[Si](C)(C)C)c21. The van der Waals surface area contributed by atoms with Gasteiger partial charge in [0.2, 0.25) is 0 Å². The maximum Gasteiger partial charge on any atom is 0.326 e. The van der Waals surface area contributed by atoms with Crippen molar-refractivity contribution >= 4 is 46.8 Å². The summed E-state index contributed by atoms with van der Waals surface area (Å²) in [6.45, 7) is 9.65. The molecule has 1 N–H and O–H groups in total. The second-order valence-corrected chi connectivity index (χ2v) is 15.7. The molecule has 192 valence electrons. The van der Waals surface area contributed by atoms with Crippen molar-refractivity contribution in [3.63, 3.8) is 0 Å². The molecule has 36 heavy (non-hydrogen) atoms. The summed E-state index contributed by atoms with van der Waals surface area (Å²) in [5, 5.41) is 12.3. The average Bonchev–Trinajstić information content (AvgIpc) is 3.25. The number of ether oxygens (including phenoxy) is 3. The minimum atomic E-state index is -1.21. The van der Waals surface area contributed by atoms with Crippen LogP contribution in [-0.4, -0.2) is 54.1 Å². The number of carboxylic acid groups (broad SMARTS) is 1. The average molecular weight is 512 g/mol. The van der Waals surface area contributed by atoms with Gasteiger partial charge in [0, 0.05) is 43.2 Å². The van der Waals surface area contributed by atoms with Crippen LogP contribution in [0.5, 0.6) is 11.5 Å². The minimum Gasteiger partial charge on any atom is -0.493 e. The number of methoxy groups -OCH3 is 2. The van der Waals surface area contributed by atoms with Crippen LogP contribution in [0.2, 0.25) is 25.7 Å². The van der Waals surface area contributed by atoms with E-state index in [1.807, 2.05) is 16.8 Å². The minimum absolute atomic E-state index is 0.244. The van der Waals surface area contributed by atoms with Gasteiger partial charge in [0.25, 0.3) is 5.56 Å². The molecule has 0 radical (unpaired) electrons.